The highest BCUT2D eigenvalue weighted by Crippen LogP contribution is 2.34. The average molecular weight is 286 g/mol. The Morgan fingerprint density at radius 3 is 2.14 bits per heavy atom. The number of aryl methyl sites for hydroxylation is 1. The summed E-state index contributed by atoms with van der Waals surface area (Å²) in [6.07, 6.45) is 6.41. The van der Waals surface area contributed by atoms with Gasteiger partial charge >= 0.3 is 0 Å². The minimum atomic E-state index is -0.750. The normalized spacial score (nSPS) is 16.1. The summed E-state index contributed by atoms with van der Waals surface area (Å²) in [6.45, 7) is 1.58. The number of halogens is 2. The highest BCUT2D eigenvalue weighted by molar-refractivity contribution is 5.65. The predicted molar refractivity (Wildman–Crippen MR) is 82.4 cm³/mol. The van der Waals surface area contributed by atoms with Crippen LogP contribution in [0.15, 0.2) is 36.4 Å². The molecule has 21 heavy (non-hydrogen) atoms. The number of rotatable bonds is 2. The molecule has 3 rings (SSSR count). The van der Waals surface area contributed by atoms with E-state index in [2.05, 4.69) is 12.1 Å². The predicted octanol–water partition coefficient (Wildman–Crippen LogP) is 5.99. The first-order valence-corrected chi connectivity index (χ1v) is 7.72. The van der Waals surface area contributed by atoms with Crippen LogP contribution >= 0.6 is 0 Å². The quantitative estimate of drug-likeness (QED) is 0.636. The summed E-state index contributed by atoms with van der Waals surface area (Å²) in [4.78, 5) is 0. The molecule has 0 N–H and O–H groups in total. The van der Waals surface area contributed by atoms with E-state index >= 15 is 0 Å². The van der Waals surface area contributed by atoms with E-state index in [-0.39, 0.29) is 0 Å². The van der Waals surface area contributed by atoms with E-state index in [9.17, 15) is 8.78 Å². The van der Waals surface area contributed by atoms with Crippen LogP contribution in [0.4, 0.5) is 8.78 Å². The Morgan fingerprint density at radius 2 is 1.48 bits per heavy atom. The molecule has 2 aromatic rings. The van der Waals surface area contributed by atoms with E-state index in [1.165, 1.54) is 37.7 Å². The second kappa shape index (κ2) is 5.97. The van der Waals surface area contributed by atoms with Crippen molar-refractivity contribution in [3.05, 3.63) is 59.2 Å². The minimum absolute atomic E-state index is 0.341. The Morgan fingerprint density at radius 1 is 0.810 bits per heavy atom. The van der Waals surface area contributed by atoms with Crippen molar-refractivity contribution in [2.45, 2.75) is 44.9 Å². The van der Waals surface area contributed by atoms with Crippen LogP contribution in [-0.2, 0) is 0 Å². The van der Waals surface area contributed by atoms with Crippen molar-refractivity contribution in [3.8, 4) is 11.1 Å². The largest absolute Gasteiger partial charge is 0.203 e. The van der Waals surface area contributed by atoms with Gasteiger partial charge in [0.1, 0.15) is 0 Å². The summed E-state index contributed by atoms with van der Waals surface area (Å²) in [5.41, 5.74) is 2.75. The Hall–Kier alpha value is -1.70. The monoisotopic (exact) mass is 286 g/mol. The summed E-state index contributed by atoms with van der Waals surface area (Å²) < 4.78 is 27.7. The summed E-state index contributed by atoms with van der Waals surface area (Å²) in [5, 5.41) is 0. The third-order valence-electron chi connectivity index (χ3n) is 4.57. The molecule has 0 nitrogen and oxygen atoms in total. The van der Waals surface area contributed by atoms with Crippen LogP contribution in [0.25, 0.3) is 11.1 Å². The van der Waals surface area contributed by atoms with Gasteiger partial charge in [0.2, 0.25) is 0 Å². The van der Waals surface area contributed by atoms with E-state index < -0.39 is 11.6 Å². The third kappa shape index (κ3) is 2.85. The van der Waals surface area contributed by atoms with Crippen LogP contribution < -0.4 is 0 Å². The molecule has 0 spiro atoms. The van der Waals surface area contributed by atoms with Gasteiger partial charge in [0.05, 0.1) is 0 Å². The van der Waals surface area contributed by atoms with Crippen LogP contribution in [0.2, 0.25) is 0 Å². The molecule has 0 saturated heterocycles. The second-order valence-corrected chi connectivity index (χ2v) is 6.01. The summed E-state index contributed by atoms with van der Waals surface area (Å²) in [7, 11) is 0. The van der Waals surface area contributed by atoms with Crippen molar-refractivity contribution in [3.63, 3.8) is 0 Å². The van der Waals surface area contributed by atoms with E-state index in [4.69, 9.17) is 0 Å². The Kier molecular flexibility index (Phi) is 4.05. The van der Waals surface area contributed by atoms with Crippen molar-refractivity contribution < 1.29 is 8.78 Å². The Balaban J connectivity index is 1.89. The van der Waals surface area contributed by atoms with Gasteiger partial charge in [-0.05, 0) is 42.4 Å². The molecular formula is C19H20F2. The smallest absolute Gasteiger partial charge is 0.166 e. The number of hydrogen-bond acceptors (Lipinski definition) is 0. The fourth-order valence-corrected chi connectivity index (χ4v) is 3.24. The van der Waals surface area contributed by atoms with Gasteiger partial charge in [0.25, 0.3) is 0 Å². The van der Waals surface area contributed by atoms with Gasteiger partial charge in [0.15, 0.2) is 11.6 Å². The average Bonchev–Trinajstić information content (AvgIpc) is 2.54. The van der Waals surface area contributed by atoms with E-state index in [0.29, 0.717) is 17.0 Å². The van der Waals surface area contributed by atoms with Crippen LogP contribution in [0.3, 0.4) is 0 Å². The second-order valence-electron chi connectivity index (χ2n) is 6.01. The first kappa shape index (κ1) is 14.2. The van der Waals surface area contributed by atoms with Gasteiger partial charge < -0.3 is 0 Å². The SMILES string of the molecule is Cc1ccc(-c2ccc(C3CCCCC3)cc2)c(F)c1F. The molecule has 1 saturated carbocycles. The van der Waals surface area contributed by atoms with Gasteiger partial charge in [0, 0.05) is 5.56 Å². The van der Waals surface area contributed by atoms with Crippen molar-refractivity contribution in [1.82, 2.24) is 0 Å². The summed E-state index contributed by atoms with van der Waals surface area (Å²) >= 11 is 0. The van der Waals surface area contributed by atoms with Crippen molar-refractivity contribution >= 4 is 0 Å². The highest BCUT2D eigenvalue weighted by atomic mass is 19.2. The van der Waals surface area contributed by atoms with Crippen molar-refractivity contribution in [1.29, 1.82) is 0 Å². The lowest BCUT2D eigenvalue weighted by Gasteiger charge is -2.22. The Labute approximate surface area is 124 Å². The lowest BCUT2D eigenvalue weighted by atomic mass is 9.83. The van der Waals surface area contributed by atoms with Crippen LogP contribution in [-0.4, -0.2) is 0 Å². The van der Waals surface area contributed by atoms with Gasteiger partial charge in [-0.1, -0.05) is 55.7 Å². The van der Waals surface area contributed by atoms with Gasteiger partial charge in [-0.15, -0.1) is 0 Å². The topological polar surface area (TPSA) is 0 Å². The van der Waals surface area contributed by atoms with Gasteiger partial charge in [-0.25, -0.2) is 8.78 Å². The lowest BCUT2D eigenvalue weighted by Crippen LogP contribution is -2.04. The molecular weight excluding hydrogens is 266 g/mol. The maximum Gasteiger partial charge on any atom is 0.166 e. The minimum Gasteiger partial charge on any atom is -0.203 e. The van der Waals surface area contributed by atoms with Crippen molar-refractivity contribution in [2.24, 2.45) is 0 Å². The van der Waals surface area contributed by atoms with Gasteiger partial charge in [-0.3, -0.25) is 0 Å². The molecule has 0 aliphatic heterocycles. The molecule has 1 fully saturated rings. The van der Waals surface area contributed by atoms with E-state index in [1.807, 2.05) is 12.1 Å². The van der Waals surface area contributed by atoms with Gasteiger partial charge in [-0.2, -0.15) is 0 Å². The number of hydrogen-bond donors (Lipinski definition) is 0. The van der Waals surface area contributed by atoms with Crippen LogP contribution in [0.1, 0.15) is 49.1 Å². The molecule has 0 radical (unpaired) electrons. The fourth-order valence-electron chi connectivity index (χ4n) is 3.24. The zero-order chi connectivity index (χ0) is 14.8. The molecule has 2 aromatic carbocycles. The number of benzene rings is 2. The molecule has 0 aromatic heterocycles. The lowest BCUT2D eigenvalue weighted by molar-refractivity contribution is 0.443. The highest BCUT2D eigenvalue weighted by Gasteiger charge is 2.16. The zero-order valence-corrected chi connectivity index (χ0v) is 12.3. The van der Waals surface area contributed by atoms with E-state index in [1.54, 1.807) is 19.1 Å². The molecule has 1 aliphatic carbocycles. The molecule has 1 aliphatic rings. The Bertz CT molecular complexity index is 623. The summed E-state index contributed by atoms with van der Waals surface area (Å²) in [6, 6.07) is 11.3. The first-order valence-electron chi connectivity index (χ1n) is 7.72. The van der Waals surface area contributed by atoms with Crippen molar-refractivity contribution in [2.75, 3.05) is 0 Å². The molecule has 0 heterocycles. The molecule has 0 unspecified atom stereocenters. The maximum atomic E-state index is 14.0. The van der Waals surface area contributed by atoms with Crippen LogP contribution in [0.5, 0.6) is 0 Å². The zero-order valence-electron chi connectivity index (χ0n) is 12.3. The molecule has 2 heteroatoms. The molecule has 0 atom stereocenters. The molecule has 110 valence electrons. The standard InChI is InChI=1S/C19H20F2/c1-13-7-12-17(19(21)18(13)20)16-10-8-15(9-11-16)14-5-3-2-4-6-14/h7-12,14H,2-6H2,1H3. The third-order valence-corrected chi connectivity index (χ3v) is 4.57. The first-order chi connectivity index (χ1) is 10.2. The fraction of sp³-hybridized carbons (Fsp3) is 0.368. The molecule has 0 bridgehead atoms. The van der Waals surface area contributed by atoms with E-state index in [0.717, 1.165) is 5.56 Å². The van der Waals surface area contributed by atoms with Crippen LogP contribution in [0, 0.1) is 18.6 Å². The molecule has 0 amide bonds. The maximum absolute atomic E-state index is 14.0. The summed E-state index contributed by atoms with van der Waals surface area (Å²) in [5.74, 6) is -0.864.